The van der Waals surface area contributed by atoms with Gasteiger partial charge in [-0.3, -0.25) is 0 Å². The van der Waals surface area contributed by atoms with Crippen molar-refractivity contribution in [3.05, 3.63) is 6.92 Å². The molecule has 0 rings (SSSR count). The third kappa shape index (κ3) is 4.13. The Bertz CT molecular complexity index is 43.7. The van der Waals surface area contributed by atoms with Crippen molar-refractivity contribution in [1.82, 2.24) is 0 Å². The van der Waals surface area contributed by atoms with Crippen LogP contribution in [0.1, 0.15) is 32.6 Å². The van der Waals surface area contributed by atoms with Crippen molar-refractivity contribution in [2.45, 2.75) is 38.6 Å². The second-order valence-corrected chi connectivity index (χ2v) is 2.19. The van der Waals surface area contributed by atoms with Crippen molar-refractivity contribution < 1.29 is 0 Å². The topological polar surface area (TPSA) is 26.0 Å². The van der Waals surface area contributed by atoms with E-state index in [-0.39, 0.29) is 0 Å². The van der Waals surface area contributed by atoms with Crippen LogP contribution >= 0.6 is 0 Å². The molecule has 0 aliphatic carbocycles. The molecule has 0 aromatic rings. The summed E-state index contributed by atoms with van der Waals surface area (Å²) in [6.45, 7) is 5.89. The van der Waals surface area contributed by atoms with E-state index in [2.05, 4.69) is 13.8 Å². The summed E-state index contributed by atoms with van der Waals surface area (Å²) >= 11 is 0. The van der Waals surface area contributed by atoms with Gasteiger partial charge in [0.2, 0.25) is 0 Å². The number of rotatable bonds is 4. The van der Waals surface area contributed by atoms with Crippen LogP contribution in [0.15, 0.2) is 0 Å². The maximum absolute atomic E-state index is 5.60. The van der Waals surface area contributed by atoms with Crippen molar-refractivity contribution in [3.63, 3.8) is 0 Å². The highest BCUT2D eigenvalue weighted by atomic mass is 14.6. The summed E-state index contributed by atoms with van der Waals surface area (Å²) < 4.78 is 0. The first kappa shape index (κ1) is 7.96. The molecule has 1 unspecified atom stereocenters. The molecule has 0 aliphatic rings. The highest BCUT2D eigenvalue weighted by Crippen LogP contribution is 1.99. The molecule has 0 aromatic carbocycles. The summed E-state index contributed by atoms with van der Waals surface area (Å²) in [5.74, 6) is 0. The lowest BCUT2D eigenvalue weighted by molar-refractivity contribution is 0.581. The largest absolute Gasteiger partial charge is 0.328 e. The maximum atomic E-state index is 5.60. The first-order chi connectivity index (χ1) is 3.81. The first-order valence-corrected chi connectivity index (χ1v) is 3.36. The van der Waals surface area contributed by atoms with Crippen LogP contribution in [-0.4, -0.2) is 6.04 Å². The molecule has 0 saturated heterocycles. The van der Waals surface area contributed by atoms with Gasteiger partial charge >= 0.3 is 0 Å². The molecule has 1 radical (unpaired) electrons. The Morgan fingerprint density at radius 1 is 1.62 bits per heavy atom. The van der Waals surface area contributed by atoms with Gasteiger partial charge in [0.15, 0.2) is 0 Å². The van der Waals surface area contributed by atoms with Crippen molar-refractivity contribution in [2.24, 2.45) is 5.73 Å². The van der Waals surface area contributed by atoms with Gasteiger partial charge in [-0.2, -0.15) is 0 Å². The summed E-state index contributed by atoms with van der Waals surface area (Å²) in [6.07, 6.45) is 4.50. The number of nitrogens with two attached hydrogens (primary N) is 1. The third-order valence-corrected chi connectivity index (χ3v) is 1.30. The van der Waals surface area contributed by atoms with E-state index >= 15 is 0 Å². The van der Waals surface area contributed by atoms with Gasteiger partial charge in [0.25, 0.3) is 0 Å². The van der Waals surface area contributed by atoms with Gasteiger partial charge < -0.3 is 5.73 Å². The van der Waals surface area contributed by atoms with Crippen molar-refractivity contribution in [2.75, 3.05) is 0 Å². The number of unbranched alkanes of at least 4 members (excludes halogenated alkanes) is 1. The molecule has 49 valence electrons. The molecule has 0 aliphatic heterocycles. The molecule has 0 bridgehead atoms. The predicted octanol–water partition coefficient (Wildman–Crippen LogP) is 1.73. The molecule has 1 heteroatoms. The fraction of sp³-hybridized carbons (Fsp3) is 0.857. The highest BCUT2D eigenvalue weighted by Gasteiger charge is 1.94. The van der Waals surface area contributed by atoms with Crippen molar-refractivity contribution >= 4 is 0 Å². The third-order valence-electron chi connectivity index (χ3n) is 1.30. The zero-order valence-electron chi connectivity index (χ0n) is 5.69. The molecule has 0 fully saturated rings. The van der Waals surface area contributed by atoms with Crippen LogP contribution < -0.4 is 5.73 Å². The predicted molar refractivity (Wildman–Crippen MR) is 37.5 cm³/mol. The van der Waals surface area contributed by atoms with Gasteiger partial charge in [0.05, 0.1) is 0 Å². The molecule has 0 heterocycles. The van der Waals surface area contributed by atoms with Gasteiger partial charge in [-0.15, -0.1) is 0 Å². The zero-order valence-corrected chi connectivity index (χ0v) is 5.69. The number of hydrogen-bond donors (Lipinski definition) is 1. The molecular weight excluding hydrogens is 98.1 g/mol. The van der Waals surface area contributed by atoms with E-state index < -0.39 is 0 Å². The monoisotopic (exact) mass is 114 g/mol. The molecule has 1 nitrogen and oxygen atoms in total. The van der Waals surface area contributed by atoms with E-state index in [9.17, 15) is 0 Å². The lowest BCUT2D eigenvalue weighted by Gasteiger charge is -2.04. The van der Waals surface area contributed by atoms with E-state index in [1.165, 1.54) is 12.8 Å². The van der Waals surface area contributed by atoms with Gasteiger partial charge in [-0.1, -0.05) is 26.7 Å². The van der Waals surface area contributed by atoms with Crippen LogP contribution in [0, 0.1) is 6.92 Å². The molecule has 1 atom stereocenters. The Morgan fingerprint density at radius 2 is 2.25 bits per heavy atom. The van der Waals surface area contributed by atoms with E-state index in [0.29, 0.717) is 6.04 Å². The summed E-state index contributed by atoms with van der Waals surface area (Å²) in [6, 6.07) is 0.343. The fourth-order valence-electron chi connectivity index (χ4n) is 0.611. The van der Waals surface area contributed by atoms with E-state index in [0.717, 1.165) is 12.8 Å². The average molecular weight is 114 g/mol. The first-order valence-electron chi connectivity index (χ1n) is 3.36. The Morgan fingerprint density at radius 3 is 2.62 bits per heavy atom. The van der Waals surface area contributed by atoms with Crippen molar-refractivity contribution in [3.8, 4) is 0 Å². The molecule has 0 aromatic heterocycles. The van der Waals surface area contributed by atoms with Gasteiger partial charge in [-0.25, -0.2) is 0 Å². The lowest BCUT2D eigenvalue weighted by Crippen LogP contribution is -2.17. The minimum atomic E-state index is 0.343. The normalized spacial score (nSPS) is 13.9. The van der Waals surface area contributed by atoms with E-state index in [1.54, 1.807) is 0 Å². The van der Waals surface area contributed by atoms with Crippen LogP contribution in [0.2, 0.25) is 0 Å². The molecule has 0 amide bonds. The minimum absolute atomic E-state index is 0.343. The van der Waals surface area contributed by atoms with Gasteiger partial charge in [0, 0.05) is 6.04 Å². The average Bonchev–Trinajstić information content (AvgIpc) is 1.83. The Hall–Kier alpha value is -0.0400. The van der Waals surface area contributed by atoms with Gasteiger partial charge in [-0.05, 0) is 12.8 Å². The molecular formula is C7H16N. The van der Waals surface area contributed by atoms with E-state index in [1.807, 2.05) is 0 Å². The quantitative estimate of drug-likeness (QED) is 0.591. The molecule has 2 N–H and O–H groups in total. The van der Waals surface area contributed by atoms with Crippen LogP contribution in [0.5, 0.6) is 0 Å². The lowest BCUT2D eigenvalue weighted by atomic mass is 10.1. The Kier molecular flexibility index (Phi) is 5.08. The Labute approximate surface area is 52.3 Å². The minimum Gasteiger partial charge on any atom is -0.328 e. The van der Waals surface area contributed by atoms with Crippen LogP contribution in [0.4, 0.5) is 0 Å². The van der Waals surface area contributed by atoms with E-state index in [4.69, 9.17) is 5.73 Å². The second-order valence-electron chi connectivity index (χ2n) is 2.19. The highest BCUT2D eigenvalue weighted by molar-refractivity contribution is 4.60. The summed E-state index contributed by atoms with van der Waals surface area (Å²) in [4.78, 5) is 0. The number of hydrogen-bond acceptors (Lipinski definition) is 1. The van der Waals surface area contributed by atoms with Crippen LogP contribution in [-0.2, 0) is 0 Å². The molecule has 8 heavy (non-hydrogen) atoms. The summed E-state index contributed by atoms with van der Waals surface area (Å²) in [5.41, 5.74) is 5.60. The van der Waals surface area contributed by atoms with Crippen molar-refractivity contribution in [1.29, 1.82) is 0 Å². The van der Waals surface area contributed by atoms with Crippen LogP contribution in [0.3, 0.4) is 0 Å². The fourth-order valence-corrected chi connectivity index (χ4v) is 0.611. The Balaban J connectivity index is 2.86. The second kappa shape index (κ2) is 5.10. The summed E-state index contributed by atoms with van der Waals surface area (Å²) in [7, 11) is 0. The molecule has 0 spiro atoms. The molecule has 0 saturated carbocycles. The summed E-state index contributed by atoms with van der Waals surface area (Å²) in [5, 5.41) is 0. The van der Waals surface area contributed by atoms with Crippen LogP contribution in [0.25, 0.3) is 0 Å². The SMILES string of the molecule is [CH2]CC(N)CCCC. The van der Waals surface area contributed by atoms with Gasteiger partial charge in [0.1, 0.15) is 0 Å². The smallest absolute Gasteiger partial charge is 0.00388 e. The zero-order chi connectivity index (χ0) is 6.41. The maximum Gasteiger partial charge on any atom is 0.00388 e. The standard InChI is InChI=1S/C7H16N/c1-3-5-6-7(8)4-2/h7H,2-6,8H2,1H3.